The molecule has 0 aliphatic carbocycles. The Hall–Kier alpha value is -2.49. The number of rotatable bonds is 2. The molecule has 20 heavy (non-hydrogen) atoms. The molecule has 2 N–H and O–H groups in total. The Morgan fingerprint density at radius 2 is 2.25 bits per heavy atom. The van der Waals surface area contributed by atoms with Crippen LogP contribution in [0.15, 0.2) is 47.1 Å². The van der Waals surface area contributed by atoms with Crippen LogP contribution >= 0.6 is 0 Å². The van der Waals surface area contributed by atoms with Gasteiger partial charge in [0.2, 0.25) is 0 Å². The van der Waals surface area contributed by atoms with E-state index in [2.05, 4.69) is 0 Å². The van der Waals surface area contributed by atoms with Gasteiger partial charge < -0.3 is 15.1 Å². The number of benzene rings is 1. The molecule has 102 valence electrons. The standard InChI is InChI=1S/C16H16N2O2/c17-13-5-7-15-12(11-13)3-1-9-18(15)16(19)8-6-14-4-2-10-20-14/h2,4-8,10-11H,1,3,9,17H2. The SMILES string of the molecule is Nc1ccc2c(c1)CCCN2C(=O)C=Cc1ccco1. The van der Waals surface area contributed by atoms with Gasteiger partial charge in [-0.05, 0) is 54.8 Å². The summed E-state index contributed by atoms with van der Waals surface area (Å²) in [5.41, 5.74) is 8.63. The zero-order chi connectivity index (χ0) is 13.9. The number of hydrogen-bond donors (Lipinski definition) is 1. The van der Waals surface area contributed by atoms with Crippen LogP contribution in [0, 0.1) is 0 Å². The monoisotopic (exact) mass is 268 g/mol. The number of aryl methyl sites for hydroxylation is 1. The average Bonchev–Trinajstić information content (AvgIpc) is 2.97. The second kappa shape index (κ2) is 5.25. The van der Waals surface area contributed by atoms with Crippen molar-refractivity contribution in [1.29, 1.82) is 0 Å². The van der Waals surface area contributed by atoms with Crippen LogP contribution in [0.1, 0.15) is 17.7 Å². The molecule has 0 saturated carbocycles. The number of nitrogens with zero attached hydrogens (tertiary/aromatic N) is 1. The zero-order valence-electron chi connectivity index (χ0n) is 11.1. The molecule has 0 bridgehead atoms. The molecule has 4 nitrogen and oxygen atoms in total. The van der Waals surface area contributed by atoms with Crippen LogP contribution in [0.3, 0.4) is 0 Å². The third-order valence-corrected chi connectivity index (χ3v) is 3.42. The smallest absolute Gasteiger partial charge is 0.251 e. The summed E-state index contributed by atoms with van der Waals surface area (Å²) in [5, 5.41) is 0. The Labute approximate surface area is 117 Å². The predicted octanol–water partition coefficient (Wildman–Crippen LogP) is 2.85. The van der Waals surface area contributed by atoms with E-state index in [0.29, 0.717) is 5.76 Å². The fourth-order valence-corrected chi connectivity index (χ4v) is 2.48. The van der Waals surface area contributed by atoms with E-state index in [1.165, 1.54) is 0 Å². The van der Waals surface area contributed by atoms with Gasteiger partial charge in [0.1, 0.15) is 5.76 Å². The van der Waals surface area contributed by atoms with Crippen molar-refractivity contribution < 1.29 is 9.21 Å². The van der Waals surface area contributed by atoms with Crippen molar-refractivity contribution in [2.45, 2.75) is 12.8 Å². The van der Waals surface area contributed by atoms with Crippen molar-refractivity contribution in [3.05, 3.63) is 54.0 Å². The minimum absolute atomic E-state index is 0.0351. The maximum absolute atomic E-state index is 12.3. The fraction of sp³-hybridized carbons (Fsp3) is 0.188. The van der Waals surface area contributed by atoms with Gasteiger partial charge in [-0.15, -0.1) is 0 Å². The molecule has 1 aromatic carbocycles. The maximum atomic E-state index is 12.3. The summed E-state index contributed by atoms with van der Waals surface area (Å²) in [6.07, 6.45) is 6.74. The highest BCUT2D eigenvalue weighted by atomic mass is 16.3. The lowest BCUT2D eigenvalue weighted by molar-refractivity contribution is -0.114. The molecule has 2 heterocycles. The molecule has 1 aromatic heterocycles. The lowest BCUT2D eigenvalue weighted by Crippen LogP contribution is -2.34. The number of amides is 1. The first kappa shape index (κ1) is 12.5. The third-order valence-electron chi connectivity index (χ3n) is 3.42. The van der Waals surface area contributed by atoms with Gasteiger partial charge in [0.05, 0.1) is 6.26 Å². The number of carbonyl (C=O) groups is 1. The minimum atomic E-state index is -0.0351. The fourth-order valence-electron chi connectivity index (χ4n) is 2.48. The van der Waals surface area contributed by atoms with E-state index in [4.69, 9.17) is 10.2 Å². The van der Waals surface area contributed by atoms with Crippen molar-refractivity contribution in [1.82, 2.24) is 0 Å². The molecule has 0 saturated heterocycles. The number of nitrogens with two attached hydrogens (primary N) is 1. The molecule has 0 fully saturated rings. The Morgan fingerprint density at radius 3 is 3.05 bits per heavy atom. The van der Waals surface area contributed by atoms with E-state index in [1.807, 2.05) is 24.3 Å². The Bertz CT molecular complexity index is 645. The van der Waals surface area contributed by atoms with Gasteiger partial charge in [-0.1, -0.05) is 0 Å². The Kier molecular flexibility index (Phi) is 3.29. The molecule has 1 aliphatic heterocycles. The second-order valence-corrected chi connectivity index (χ2v) is 4.83. The summed E-state index contributed by atoms with van der Waals surface area (Å²) in [6, 6.07) is 9.31. The average molecular weight is 268 g/mol. The number of anilines is 2. The first-order valence-corrected chi connectivity index (χ1v) is 6.65. The molecule has 4 heteroatoms. The molecule has 0 atom stereocenters. The van der Waals surface area contributed by atoms with E-state index in [1.54, 1.807) is 29.4 Å². The summed E-state index contributed by atoms with van der Waals surface area (Å²) in [7, 11) is 0. The molecule has 1 amide bonds. The number of fused-ring (bicyclic) bond motifs is 1. The van der Waals surface area contributed by atoms with Crippen LogP contribution < -0.4 is 10.6 Å². The number of carbonyl (C=O) groups excluding carboxylic acids is 1. The first-order chi connectivity index (χ1) is 9.74. The quantitative estimate of drug-likeness (QED) is 0.673. The number of hydrogen-bond acceptors (Lipinski definition) is 3. The van der Waals surface area contributed by atoms with Gasteiger partial charge >= 0.3 is 0 Å². The molecule has 0 radical (unpaired) electrons. The summed E-state index contributed by atoms with van der Waals surface area (Å²) in [4.78, 5) is 14.1. The highest BCUT2D eigenvalue weighted by Gasteiger charge is 2.20. The van der Waals surface area contributed by atoms with E-state index in [0.717, 1.165) is 36.3 Å². The van der Waals surface area contributed by atoms with Crippen molar-refractivity contribution in [2.75, 3.05) is 17.2 Å². The zero-order valence-corrected chi connectivity index (χ0v) is 11.1. The Balaban J connectivity index is 1.83. The minimum Gasteiger partial charge on any atom is -0.465 e. The van der Waals surface area contributed by atoms with Gasteiger partial charge in [0.25, 0.3) is 5.91 Å². The van der Waals surface area contributed by atoms with E-state index < -0.39 is 0 Å². The maximum Gasteiger partial charge on any atom is 0.251 e. The van der Waals surface area contributed by atoms with Crippen LogP contribution in [0.2, 0.25) is 0 Å². The molecule has 3 rings (SSSR count). The summed E-state index contributed by atoms with van der Waals surface area (Å²) >= 11 is 0. The normalized spacial score (nSPS) is 14.5. The summed E-state index contributed by atoms with van der Waals surface area (Å²) in [6.45, 7) is 0.734. The van der Waals surface area contributed by atoms with Crippen LogP contribution in [-0.4, -0.2) is 12.5 Å². The predicted molar refractivity (Wildman–Crippen MR) is 79.3 cm³/mol. The summed E-state index contributed by atoms with van der Waals surface area (Å²) in [5.74, 6) is 0.639. The van der Waals surface area contributed by atoms with Gasteiger partial charge in [0, 0.05) is 24.0 Å². The van der Waals surface area contributed by atoms with E-state index in [9.17, 15) is 4.79 Å². The van der Waals surface area contributed by atoms with Crippen molar-refractivity contribution in [3.8, 4) is 0 Å². The number of furan rings is 1. The van der Waals surface area contributed by atoms with E-state index >= 15 is 0 Å². The highest BCUT2D eigenvalue weighted by molar-refractivity contribution is 6.04. The van der Waals surface area contributed by atoms with Crippen molar-refractivity contribution in [2.24, 2.45) is 0 Å². The van der Waals surface area contributed by atoms with Crippen molar-refractivity contribution >= 4 is 23.4 Å². The van der Waals surface area contributed by atoms with Crippen LogP contribution in [0.25, 0.3) is 6.08 Å². The van der Waals surface area contributed by atoms with Crippen LogP contribution in [0.5, 0.6) is 0 Å². The first-order valence-electron chi connectivity index (χ1n) is 6.65. The molecular weight excluding hydrogens is 252 g/mol. The summed E-state index contributed by atoms with van der Waals surface area (Å²) < 4.78 is 5.18. The molecule has 0 unspecified atom stereocenters. The Morgan fingerprint density at radius 1 is 1.35 bits per heavy atom. The molecule has 1 aliphatic rings. The van der Waals surface area contributed by atoms with E-state index in [-0.39, 0.29) is 5.91 Å². The van der Waals surface area contributed by atoms with Gasteiger partial charge in [-0.2, -0.15) is 0 Å². The van der Waals surface area contributed by atoms with Crippen LogP contribution in [-0.2, 0) is 11.2 Å². The molecular formula is C16H16N2O2. The van der Waals surface area contributed by atoms with Gasteiger partial charge in [-0.3, -0.25) is 4.79 Å². The molecule has 2 aromatic rings. The lowest BCUT2D eigenvalue weighted by atomic mass is 10.0. The second-order valence-electron chi connectivity index (χ2n) is 4.83. The van der Waals surface area contributed by atoms with Crippen LogP contribution in [0.4, 0.5) is 11.4 Å². The number of nitrogen functional groups attached to an aromatic ring is 1. The topological polar surface area (TPSA) is 59.5 Å². The van der Waals surface area contributed by atoms with Crippen molar-refractivity contribution in [3.63, 3.8) is 0 Å². The van der Waals surface area contributed by atoms with Gasteiger partial charge in [0.15, 0.2) is 0 Å². The van der Waals surface area contributed by atoms with Gasteiger partial charge in [-0.25, -0.2) is 0 Å². The largest absolute Gasteiger partial charge is 0.465 e. The lowest BCUT2D eigenvalue weighted by Gasteiger charge is -2.28. The third kappa shape index (κ3) is 2.45. The highest BCUT2D eigenvalue weighted by Crippen LogP contribution is 2.29. The molecule has 0 spiro atoms.